The van der Waals surface area contributed by atoms with Gasteiger partial charge in [-0.25, -0.2) is 4.68 Å². The average Bonchev–Trinajstić information content (AvgIpc) is 2.64. The topological polar surface area (TPSA) is 74.1 Å². The molecular weight excluding hydrogens is 330 g/mol. The second-order valence-corrected chi connectivity index (χ2v) is 6.44. The first-order valence-electron chi connectivity index (χ1n) is 8.48. The van der Waals surface area contributed by atoms with E-state index in [1.165, 1.54) is 0 Å². The third-order valence-electron chi connectivity index (χ3n) is 4.50. The summed E-state index contributed by atoms with van der Waals surface area (Å²) < 4.78 is 6.30. The molecule has 1 atom stereocenters. The molecule has 0 radical (unpaired) electrons. The predicted molar refractivity (Wildman–Crippen MR) is 99.6 cm³/mol. The molecule has 0 amide bonds. The van der Waals surface area contributed by atoms with Gasteiger partial charge in [0.15, 0.2) is 5.78 Å². The van der Waals surface area contributed by atoms with Crippen LogP contribution in [0.15, 0.2) is 47.3 Å². The normalized spacial score (nSPS) is 12.1. The Kier molecular flexibility index (Phi) is 5.11. The molecule has 0 N–H and O–H groups in total. The Balaban J connectivity index is 1.75. The Labute approximate surface area is 151 Å². The van der Waals surface area contributed by atoms with Gasteiger partial charge < -0.3 is 4.74 Å². The van der Waals surface area contributed by atoms with E-state index in [0.29, 0.717) is 17.3 Å². The van der Waals surface area contributed by atoms with Crippen molar-refractivity contribution in [3.05, 3.63) is 63.9 Å². The van der Waals surface area contributed by atoms with Gasteiger partial charge in [0.2, 0.25) is 0 Å². The maximum Gasteiger partial charge on any atom is 0.278 e. The van der Waals surface area contributed by atoms with E-state index in [9.17, 15) is 9.59 Å². The molecule has 0 aliphatic heterocycles. The summed E-state index contributed by atoms with van der Waals surface area (Å²) in [6, 6.07) is 13.1. The Bertz CT molecular complexity index is 993. The molecule has 6 heteroatoms. The van der Waals surface area contributed by atoms with Gasteiger partial charge >= 0.3 is 0 Å². The minimum absolute atomic E-state index is 0.0410. The molecular formula is C20H21N3O3. The summed E-state index contributed by atoms with van der Waals surface area (Å²) >= 11 is 0. The van der Waals surface area contributed by atoms with Gasteiger partial charge in [-0.3, -0.25) is 9.59 Å². The lowest BCUT2D eigenvalue weighted by Gasteiger charge is -2.12. The Morgan fingerprint density at radius 2 is 1.92 bits per heavy atom. The van der Waals surface area contributed by atoms with E-state index in [1.807, 2.05) is 50.2 Å². The van der Waals surface area contributed by atoms with Crippen molar-refractivity contribution < 1.29 is 9.53 Å². The zero-order chi connectivity index (χ0) is 18.7. The second-order valence-electron chi connectivity index (χ2n) is 6.44. The smallest absolute Gasteiger partial charge is 0.278 e. The summed E-state index contributed by atoms with van der Waals surface area (Å²) in [6.07, 6.45) is 0.326. The van der Waals surface area contributed by atoms with Crippen LogP contribution in [0.25, 0.3) is 10.9 Å². The number of Topliss-reactive ketones (excluding diaryl/α,β-unsaturated/α-hetero) is 1. The summed E-state index contributed by atoms with van der Waals surface area (Å²) in [5.41, 5.74) is 2.14. The van der Waals surface area contributed by atoms with Crippen molar-refractivity contribution in [1.82, 2.24) is 15.0 Å². The number of aromatic nitrogens is 3. The fourth-order valence-electron chi connectivity index (χ4n) is 3.01. The van der Waals surface area contributed by atoms with Gasteiger partial charge in [-0.15, -0.1) is 5.10 Å². The summed E-state index contributed by atoms with van der Waals surface area (Å²) in [6.45, 7) is 3.76. The van der Waals surface area contributed by atoms with Crippen LogP contribution in [0.3, 0.4) is 0 Å². The molecule has 134 valence electrons. The van der Waals surface area contributed by atoms with Gasteiger partial charge in [-0.05, 0) is 42.2 Å². The molecule has 0 bridgehead atoms. The average molecular weight is 351 g/mol. The molecule has 3 aromatic rings. The zero-order valence-electron chi connectivity index (χ0n) is 15.1. The third kappa shape index (κ3) is 3.64. The van der Waals surface area contributed by atoms with Crippen LogP contribution in [0.5, 0.6) is 5.75 Å². The van der Waals surface area contributed by atoms with Crippen LogP contribution in [0.2, 0.25) is 0 Å². The molecule has 0 aliphatic carbocycles. The number of hydrogen-bond donors (Lipinski definition) is 0. The van der Waals surface area contributed by atoms with E-state index in [-0.39, 0.29) is 23.8 Å². The number of carbonyl (C=O) groups excluding carboxylic acids is 1. The van der Waals surface area contributed by atoms with E-state index in [4.69, 9.17) is 4.74 Å². The largest absolute Gasteiger partial charge is 0.497 e. The molecule has 6 nitrogen and oxygen atoms in total. The minimum Gasteiger partial charge on any atom is -0.497 e. The molecule has 0 aliphatic rings. The van der Waals surface area contributed by atoms with Crippen LogP contribution in [0.1, 0.15) is 30.4 Å². The van der Waals surface area contributed by atoms with Crippen LogP contribution in [0.4, 0.5) is 0 Å². The van der Waals surface area contributed by atoms with Crippen molar-refractivity contribution >= 4 is 16.7 Å². The maximum atomic E-state index is 12.6. The van der Waals surface area contributed by atoms with E-state index in [1.54, 1.807) is 13.2 Å². The van der Waals surface area contributed by atoms with Crippen LogP contribution < -0.4 is 10.3 Å². The Morgan fingerprint density at radius 3 is 2.62 bits per heavy atom. The first-order chi connectivity index (χ1) is 12.5. The first kappa shape index (κ1) is 17.8. The Morgan fingerprint density at radius 1 is 1.19 bits per heavy atom. The van der Waals surface area contributed by atoms with Gasteiger partial charge in [0.05, 0.1) is 12.5 Å². The standard InChI is InChI=1S/C20H21N3O3/c1-13-5-4-6-18-19(13)20(25)23(22-21-18)12-16(24)11-14(2)15-7-9-17(26-3)10-8-15/h4-10,14H,11-12H2,1-3H3/t14-/m1/s1. The van der Waals surface area contributed by atoms with E-state index in [2.05, 4.69) is 10.3 Å². The lowest BCUT2D eigenvalue weighted by molar-refractivity contribution is -0.120. The molecule has 0 unspecified atom stereocenters. The molecule has 0 fully saturated rings. The molecule has 1 heterocycles. The van der Waals surface area contributed by atoms with Gasteiger partial charge in [-0.1, -0.05) is 36.4 Å². The van der Waals surface area contributed by atoms with Crippen molar-refractivity contribution in [2.24, 2.45) is 0 Å². The van der Waals surface area contributed by atoms with Crippen LogP contribution in [0, 0.1) is 6.92 Å². The van der Waals surface area contributed by atoms with E-state index >= 15 is 0 Å². The summed E-state index contributed by atoms with van der Waals surface area (Å²) in [4.78, 5) is 25.0. The molecule has 0 spiro atoms. The first-order valence-corrected chi connectivity index (χ1v) is 8.48. The van der Waals surface area contributed by atoms with Crippen LogP contribution in [-0.2, 0) is 11.3 Å². The van der Waals surface area contributed by atoms with Gasteiger partial charge in [-0.2, -0.15) is 0 Å². The van der Waals surface area contributed by atoms with Gasteiger partial charge in [0, 0.05) is 6.42 Å². The second kappa shape index (κ2) is 7.47. The predicted octanol–water partition coefficient (Wildman–Crippen LogP) is 2.87. The van der Waals surface area contributed by atoms with Crippen LogP contribution in [-0.4, -0.2) is 27.9 Å². The fourth-order valence-corrected chi connectivity index (χ4v) is 3.01. The highest BCUT2D eigenvalue weighted by molar-refractivity contribution is 5.82. The van der Waals surface area contributed by atoms with Gasteiger partial charge in [0.1, 0.15) is 17.8 Å². The van der Waals surface area contributed by atoms with Crippen molar-refractivity contribution in [1.29, 1.82) is 0 Å². The zero-order valence-corrected chi connectivity index (χ0v) is 15.1. The molecule has 0 saturated carbocycles. The van der Waals surface area contributed by atoms with Crippen molar-refractivity contribution in [3.8, 4) is 5.75 Å². The summed E-state index contributed by atoms with van der Waals surface area (Å²) in [7, 11) is 1.62. The molecule has 2 aromatic carbocycles. The fraction of sp³-hybridized carbons (Fsp3) is 0.300. The maximum absolute atomic E-state index is 12.6. The van der Waals surface area contributed by atoms with Crippen molar-refractivity contribution in [2.45, 2.75) is 32.7 Å². The molecule has 1 aromatic heterocycles. The van der Waals surface area contributed by atoms with E-state index < -0.39 is 0 Å². The van der Waals surface area contributed by atoms with Crippen molar-refractivity contribution in [2.75, 3.05) is 7.11 Å². The van der Waals surface area contributed by atoms with Gasteiger partial charge in [0.25, 0.3) is 5.56 Å². The van der Waals surface area contributed by atoms with Crippen LogP contribution >= 0.6 is 0 Å². The number of fused-ring (bicyclic) bond motifs is 1. The lowest BCUT2D eigenvalue weighted by Crippen LogP contribution is -2.28. The number of ketones is 1. The number of rotatable bonds is 6. The number of methoxy groups -OCH3 is 1. The molecule has 0 saturated heterocycles. The number of benzene rings is 2. The number of aryl methyl sites for hydroxylation is 1. The molecule has 26 heavy (non-hydrogen) atoms. The number of hydrogen-bond acceptors (Lipinski definition) is 5. The monoisotopic (exact) mass is 351 g/mol. The van der Waals surface area contributed by atoms with Crippen molar-refractivity contribution in [3.63, 3.8) is 0 Å². The number of carbonyl (C=O) groups is 1. The number of nitrogens with zero attached hydrogens (tertiary/aromatic N) is 3. The third-order valence-corrected chi connectivity index (χ3v) is 4.50. The lowest BCUT2D eigenvalue weighted by atomic mass is 9.95. The van der Waals surface area contributed by atoms with E-state index in [0.717, 1.165) is 21.6 Å². The summed E-state index contributed by atoms with van der Waals surface area (Å²) in [5, 5.41) is 8.48. The molecule has 3 rings (SSSR count). The highest BCUT2D eigenvalue weighted by Gasteiger charge is 2.15. The summed E-state index contributed by atoms with van der Waals surface area (Å²) in [5.74, 6) is 0.762. The quantitative estimate of drug-likeness (QED) is 0.683. The number of ether oxygens (including phenoxy) is 1. The highest BCUT2D eigenvalue weighted by atomic mass is 16.5. The minimum atomic E-state index is -0.279. The Hall–Kier alpha value is -3.02. The SMILES string of the molecule is COc1ccc([C@H](C)CC(=O)Cn2nnc3cccc(C)c3c2=O)cc1. The highest BCUT2D eigenvalue weighted by Crippen LogP contribution is 2.22.